The number of aryl methyl sites for hydroxylation is 6. The zero-order valence-electron chi connectivity index (χ0n) is 43.4. The predicted molar refractivity (Wildman–Crippen MR) is 309 cm³/mol. The third-order valence-corrected chi connectivity index (χ3v) is 13.1. The molecular formula is C66H59N6ORu. The van der Waals surface area contributed by atoms with Crippen molar-refractivity contribution in [3.05, 3.63) is 224 Å². The van der Waals surface area contributed by atoms with Crippen molar-refractivity contribution < 1.29 is 24.6 Å². The number of para-hydroxylation sites is 1. The van der Waals surface area contributed by atoms with Gasteiger partial charge in [0.25, 0.3) is 0 Å². The van der Waals surface area contributed by atoms with Gasteiger partial charge in [-0.15, -0.1) is 22.1 Å². The zero-order valence-corrected chi connectivity index (χ0v) is 45.2. The normalized spacial score (nSPS) is 12.5. The Morgan fingerprint density at radius 1 is 0.432 bits per heavy atom. The maximum Gasteiger partial charge on any atom is 3.00 e. The Morgan fingerprint density at radius 3 is 0.973 bits per heavy atom. The summed E-state index contributed by atoms with van der Waals surface area (Å²) in [5.41, 5.74) is 26.2. The number of nitrogens with zero attached hydrogens (tertiary/aromatic N) is 6. The second-order valence-electron chi connectivity index (χ2n) is 18.9. The number of rotatable bonds is 5. The number of fused-ring (bicyclic) bond motifs is 8. The third kappa shape index (κ3) is 11.3. The van der Waals surface area contributed by atoms with Crippen molar-refractivity contribution in [3.63, 3.8) is 0 Å². The van der Waals surface area contributed by atoms with E-state index in [1.807, 2.05) is 32.1 Å². The summed E-state index contributed by atoms with van der Waals surface area (Å²) in [6.45, 7) is 18.3. The Morgan fingerprint density at radius 2 is 0.703 bits per heavy atom. The quantitative estimate of drug-likeness (QED) is 0.136. The summed E-state index contributed by atoms with van der Waals surface area (Å²) in [4.78, 5) is 26.2. The summed E-state index contributed by atoms with van der Waals surface area (Å²) < 4.78 is 0. The molecule has 5 aromatic carbocycles. The molecule has 1 radical (unpaired) electrons. The first-order valence-corrected chi connectivity index (χ1v) is 24.8. The maximum atomic E-state index is 9.76. The number of aliphatic hydroxyl groups excluding tert-OH is 1. The van der Waals surface area contributed by atoms with Gasteiger partial charge in [0.1, 0.15) is 0 Å². The Kier molecular flexibility index (Phi) is 16.2. The molecule has 74 heavy (non-hydrogen) atoms. The number of benzene rings is 5. The molecule has 1 aliphatic carbocycles. The molecule has 8 heteroatoms. The van der Waals surface area contributed by atoms with E-state index in [0.29, 0.717) is 5.71 Å². The van der Waals surface area contributed by atoms with Gasteiger partial charge in [-0.25, -0.2) is 15.0 Å². The topological polar surface area (TPSA) is 109 Å². The van der Waals surface area contributed by atoms with Gasteiger partial charge >= 0.3 is 19.5 Å². The van der Waals surface area contributed by atoms with Gasteiger partial charge < -0.3 is 20.5 Å². The Bertz CT molecular complexity index is 3320. The van der Waals surface area contributed by atoms with Crippen LogP contribution in [-0.4, -0.2) is 33.1 Å². The van der Waals surface area contributed by atoms with Gasteiger partial charge in [0, 0.05) is 6.61 Å². The molecule has 3 aliphatic rings. The fourth-order valence-electron chi connectivity index (χ4n) is 9.26. The first kappa shape index (κ1) is 52.4. The molecule has 0 amide bonds. The van der Waals surface area contributed by atoms with E-state index in [-0.39, 0.29) is 26.1 Å². The molecule has 0 spiro atoms. The van der Waals surface area contributed by atoms with Gasteiger partial charge in [0.15, 0.2) is 0 Å². The van der Waals surface area contributed by atoms with E-state index in [1.54, 1.807) is 6.92 Å². The number of hydrogen-bond donors (Lipinski definition) is 1. The maximum absolute atomic E-state index is 9.76. The van der Waals surface area contributed by atoms with Crippen LogP contribution in [0.5, 0.6) is 0 Å². The van der Waals surface area contributed by atoms with E-state index in [9.17, 15) is 5.41 Å². The molecule has 7 nitrogen and oxygen atoms in total. The molecule has 0 atom stereocenters. The molecule has 3 aromatic heterocycles. The fourth-order valence-corrected chi connectivity index (χ4v) is 9.26. The molecular weight excluding hydrogens is 994 g/mol. The third-order valence-electron chi connectivity index (χ3n) is 13.1. The zero-order chi connectivity index (χ0) is 51.3. The second-order valence-corrected chi connectivity index (χ2v) is 18.9. The van der Waals surface area contributed by atoms with E-state index in [0.717, 1.165) is 112 Å². The summed E-state index contributed by atoms with van der Waals surface area (Å²) in [6.07, 6.45) is 12.3. The first-order chi connectivity index (χ1) is 35.3. The molecule has 2 aliphatic heterocycles. The van der Waals surface area contributed by atoms with E-state index in [1.165, 1.54) is 33.4 Å². The SMILES string of the molecule is CC1=CC(=Nc2c(C)cccc2C)C=C(C)C1=[N-].CCO.Cc1ccc(-c2c3nc(c(-c4ccc(C)cc4)c4ccc([n-]4)c(-c4ccc(C)cc4)c4nc(c(-c5ccc(C)cc5)c5ccc2[n-]5)C=C4)C=C3)cc1.[Ru+3]. The first-order valence-electron chi connectivity index (χ1n) is 24.8. The number of hydrogen-bond acceptors (Lipinski definition) is 4. The van der Waals surface area contributed by atoms with Crippen LogP contribution >= 0.6 is 0 Å². The van der Waals surface area contributed by atoms with Crippen LogP contribution in [0.2, 0.25) is 0 Å². The van der Waals surface area contributed by atoms with Gasteiger partial charge in [-0.05, 0) is 154 Å². The molecule has 8 bridgehead atoms. The van der Waals surface area contributed by atoms with Crippen LogP contribution in [0, 0.1) is 41.5 Å². The largest absolute Gasteiger partial charge is 3.00 e. The summed E-state index contributed by atoms with van der Waals surface area (Å²) in [7, 11) is 0. The Labute approximate surface area is 448 Å². The van der Waals surface area contributed by atoms with E-state index in [4.69, 9.17) is 30.0 Å². The smallest absolute Gasteiger partial charge is 0.804 e. The van der Waals surface area contributed by atoms with Crippen molar-refractivity contribution in [2.75, 3.05) is 6.61 Å². The van der Waals surface area contributed by atoms with Crippen LogP contribution < -0.4 is 9.97 Å². The van der Waals surface area contributed by atoms with Gasteiger partial charge in [0.05, 0.1) is 34.2 Å². The molecule has 0 saturated heterocycles. The standard InChI is InChI=1S/C48H36N4.C16H17N2.C2H6O.Ru/c1-29-5-13-33(14-6-29)45-37-21-23-39(49-37)46(34-15-7-30(2)8-16-34)41-25-27-43(51-41)48(36-19-11-32(4)12-20-36)44-28-26-42(52-44)47(40-24-22-38(45)50-40)35-17-9-31(3)10-18-35;1-10-6-5-7-11(2)16(10)18-14-8-12(3)15(17)13(4)9-14;1-2-3;/h5-28H,1-4H3;5-9H,1-4H3;3H,2H2,1H3;/q-2;-1;;+3. The average Bonchev–Trinajstić information content (AvgIpc) is 4.24. The minimum Gasteiger partial charge on any atom is -0.804 e. The molecule has 5 heterocycles. The van der Waals surface area contributed by atoms with Crippen molar-refractivity contribution in [3.8, 4) is 44.5 Å². The minimum absolute atomic E-state index is 0. The van der Waals surface area contributed by atoms with Crippen molar-refractivity contribution in [2.45, 2.75) is 62.3 Å². The fraction of sp³-hybridized carbons (Fsp3) is 0.152. The Hall–Kier alpha value is -7.90. The van der Waals surface area contributed by atoms with Crippen molar-refractivity contribution in [1.82, 2.24) is 19.9 Å². The van der Waals surface area contributed by atoms with Crippen molar-refractivity contribution in [1.29, 1.82) is 0 Å². The average molecular weight is 1050 g/mol. The molecule has 0 fully saturated rings. The van der Waals surface area contributed by atoms with Gasteiger partial charge in [-0.2, -0.15) is 5.71 Å². The summed E-state index contributed by atoms with van der Waals surface area (Å²) in [5.74, 6) is 0. The predicted octanol–water partition coefficient (Wildman–Crippen LogP) is 16.1. The number of aliphatic hydroxyl groups is 1. The van der Waals surface area contributed by atoms with Crippen LogP contribution in [-0.2, 0) is 19.5 Å². The van der Waals surface area contributed by atoms with Gasteiger partial charge in [-0.1, -0.05) is 173 Å². The van der Waals surface area contributed by atoms with E-state index >= 15 is 0 Å². The van der Waals surface area contributed by atoms with Crippen LogP contribution in [0.1, 0.15) is 76.9 Å². The Balaban J connectivity index is 0.000000279. The molecule has 0 unspecified atom stereocenters. The number of aliphatic imine (C=N–C) groups is 1. The summed E-state index contributed by atoms with van der Waals surface area (Å²) in [6, 6.07) is 49.2. The van der Waals surface area contributed by atoms with Crippen LogP contribution in [0.25, 0.3) is 96.3 Å². The van der Waals surface area contributed by atoms with Crippen LogP contribution in [0.3, 0.4) is 0 Å². The second kappa shape index (κ2) is 22.9. The monoisotopic (exact) mass is 1050 g/mol. The van der Waals surface area contributed by atoms with Crippen molar-refractivity contribution in [2.24, 2.45) is 4.99 Å². The van der Waals surface area contributed by atoms with Gasteiger partial charge in [-0.3, -0.25) is 0 Å². The van der Waals surface area contributed by atoms with Crippen molar-refractivity contribution >= 4 is 63.5 Å². The van der Waals surface area contributed by atoms with Gasteiger partial charge in [0.2, 0.25) is 0 Å². The molecule has 1 N–H and O–H groups in total. The van der Waals surface area contributed by atoms with E-state index in [2.05, 4.69) is 199 Å². The molecule has 11 rings (SSSR count). The van der Waals surface area contributed by atoms with Crippen LogP contribution in [0.15, 0.2) is 168 Å². The number of allylic oxidation sites excluding steroid dienone is 4. The molecule has 367 valence electrons. The minimum atomic E-state index is 0. The van der Waals surface area contributed by atoms with E-state index < -0.39 is 0 Å². The molecule has 8 aromatic rings. The van der Waals surface area contributed by atoms with Crippen LogP contribution in [0.4, 0.5) is 5.69 Å². The molecule has 0 saturated carbocycles. The summed E-state index contributed by atoms with van der Waals surface area (Å²) >= 11 is 0. The summed E-state index contributed by atoms with van der Waals surface area (Å²) in [5, 5.41) is 17.3. The number of aromatic nitrogens is 4.